The SMILES string of the molecule is Fc1ccc(-n2c3ccc(N(c4ccc5ccccc5c4)c4ccc5c(c4)c4ccccc4n5-c4ccccc4)cc3c3cc([Si](c4ccccc4)(c4ccccc4)c4ccccc4)ccc32)cc1. The van der Waals surface area contributed by atoms with Crippen LogP contribution in [-0.4, -0.2) is 17.2 Å². The minimum Gasteiger partial charge on any atom is -0.310 e. The van der Waals surface area contributed by atoms with Crippen molar-refractivity contribution in [2.24, 2.45) is 0 Å². The van der Waals surface area contributed by atoms with Gasteiger partial charge in [-0.05, 0) is 129 Å². The largest absolute Gasteiger partial charge is 0.310 e. The zero-order chi connectivity index (χ0) is 45.9. The Labute approximate surface area is 400 Å². The molecular weight excluding hydrogens is 858 g/mol. The average Bonchev–Trinajstić information content (AvgIpc) is 3.92. The van der Waals surface area contributed by atoms with Crippen LogP contribution in [0, 0.1) is 5.82 Å². The quantitative estimate of drug-likeness (QED) is 0.104. The first kappa shape index (κ1) is 40.5. The monoisotopic (exact) mass is 901 g/mol. The van der Waals surface area contributed by atoms with Gasteiger partial charge in [0.05, 0.1) is 22.1 Å². The lowest BCUT2D eigenvalue weighted by Crippen LogP contribution is -2.74. The Kier molecular flexibility index (Phi) is 9.70. The highest BCUT2D eigenvalue weighted by Crippen LogP contribution is 2.43. The van der Waals surface area contributed by atoms with Gasteiger partial charge in [-0.1, -0.05) is 170 Å². The molecule has 0 amide bonds. The van der Waals surface area contributed by atoms with Gasteiger partial charge in [0.2, 0.25) is 0 Å². The molecule has 0 unspecified atom stereocenters. The van der Waals surface area contributed by atoms with E-state index in [1.807, 2.05) is 12.1 Å². The third-order valence-electron chi connectivity index (χ3n) is 14.1. The fraction of sp³-hybridized carbons (Fsp3) is 0. The van der Waals surface area contributed by atoms with Crippen molar-refractivity contribution in [1.29, 1.82) is 0 Å². The number of benzene rings is 11. The molecule has 0 saturated heterocycles. The summed E-state index contributed by atoms with van der Waals surface area (Å²) in [5, 5.41) is 12.2. The van der Waals surface area contributed by atoms with E-state index in [0.717, 1.165) is 55.8 Å². The number of nitrogens with zero attached hydrogens (tertiary/aromatic N) is 3. The normalized spacial score (nSPS) is 11.8. The number of hydrogen-bond donors (Lipinski definition) is 0. The standard InChI is InChI=1S/C64H44FN3Si/c65-47-30-33-49(34-31-47)68-63-39-36-52(43-59(63)60-44-56(37-40-64(60)68)69(53-21-7-2-8-22-53,54-23-9-3-10-24-54)55-25-11-4-12-26-55)66(50-32-29-45-17-13-14-18-46(45)41-50)51-35-38-62-58(42-51)57-27-15-16-28-61(57)67(62)48-19-5-1-6-20-48/h1-44H. The summed E-state index contributed by atoms with van der Waals surface area (Å²) >= 11 is 0. The van der Waals surface area contributed by atoms with E-state index in [1.165, 1.54) is 47.8 Å². The van der Waals surface area contributed by atoms with Gasteiger partial charge in [-0.25, -0.2) is 4.39 Å². The number of aromatic nitrogens is 2. The third-order valence-corrected chi connectivity index (χ3v) is 18.8. The van der Waals surface area contributed by atoms with Crippen LogP contribution >= 0.6 is 0 Å². The molecule has 0 aliphatic rings. The Morgan fingerprint density at radius 1 is 0.290 bits per heavy atom. The third kappa shape index (κ3) is 6.62. The van der Waals surface area contributed by atoms with Crippen molar-refractivity contribution in [2.75, 3.05) is 4.90 Å². The predicted octanol–water partition coefficient (Wildman–Crippen LogP) is 14.0. The summed E-state index contributed by atoms with van der Waals surface area (Å²) in [4.78, 5) is 2.40. The van der Waals surface area contributed by atoms with Crippen molar-refractivity contribution < 1.29 is 4.39 Å². The molecule has 11 aromatic carbocycles. The zero-order valence-electron chi connectivity index (χ0n) is 37.6. The number of rotatable bonds is 9. The van der Waals surface area contributed by atoms with Gasteiger partial charge in [0.25, 0.3) is 0 Å². The van der Waals surface area contributed by atoms with Crippen molar-refractivity contribution in [2.45, 2.75) is 0 Å². The van der Waals surface area contributed by atoms with Crippen LogP contribution in [0.4, 0.5) is 21.5 Å². The van der Waals surface area contributed by atoms with Crippen molar-refractivity contribution >= 4 is 100 Å². The van der Waals surface area contributed by atoms with E-state index in [0.29, 0.717) is 0 Å². The Balaban J connectivity index is 1.09. The summed E-state index contributed by atoms with van der Waals surface area (Å²) in [5.41, 5.74) is 9.60. The van der Waals surface area contributed by atoms with Crippen LogP contribution in [0.1, 0.15) is 0 Å². The number of hydrogen-bond acceptors (Lipinski definition) is 1. The molecule has 13 aromatic rings. The molecule has 2 aromatic heterocycles. The van der Waals surface area contributed by atoms with Gasteiger partial charge in [-0.15, -0.1) is 0 Å². The highest BCUT2D eigenvalue weighted by Gasteiger charge is 2.41. The Morgan fingerprint density at radius 2 is 0.710 bits per heavy atom. The topological polar surface area (TPSA) is 13.1 Å². The van der Waals surface area contributed by atoms with Crippen LogP contribution in [-0.2, 0) is 0 Å². The first-order valence-electron chi connectivity index (χ1n) is 23.5. The second-order valence-electron chi connectivity index (χ2n) is 17.8. The van der Waals surface area contributed by atoms with Crippen molar-refractivity contribution in [3.8, 4) is 11.4 Å². The molecule has 326 valence electrons. The first-order valence-corrected chi connectivity index (χ1v) is 25.5. The molecule has 0 spiro atoms. The molecule has 0 N–H and O–H groups in total. The molecular formula is C64H44FN3Si. The highest BCUT2D eigenvalue weighted by molar-refractivity contribution is 7.20. The van der Waals surface area contributed by atoms with Gasteiger partial charge in [-0.3, -0.25) is 0 Å². The van der Waals surface area contributed by atoms with Crippen LogP contribution in [0.3, 0.4) is 0 Å². The minimum atomic E-state index is -2.89. The zero-order valence-corrected chi connectivity index (χ0v) is 38.6. The second kappa shape index (κ2) is 16.5. The second-order valence-corrected chi connectivity index (χ2v) is 21.7. The van der Waals surface area contributed by atoms with Crippen molar-refractivity contribution in [1.82, 2.24) is 9.13 Å². The lowest BCUT2D eigenvalue weighted by molar-refractivity contribution is 0.627. The van der Waals surface area contributed by atoms with E-state index in [1.54, 1.807) is 12.1 Å². The highest BCUT2D eigenvalue weighted by atomic mass is 28.3. The molecule has 13 rings (SSSR count). The molecule has 5 heteroatoms. The number of halogens is 1. The van der Waals surface area contributed by atoms with Crippen LogP contribution in [0.15, 0.2) is 267 Å². The molecule has 0 fully saturated rings. The molecule has 0 saturated carbocycles. The molecule has 0 aliphatic heterocycles. The summed E-state index contributed by atoms with van der Waals surface area (Å²) in [6, 6.07) is 95.7. The predicted molar refractivity (Wildman–Crippen MR) is 291 cm³/mol. The van der Waals surface area contributed by atoms with Gasteiger partial charge in [0.15, 0.2) is 8.07 Å². The summed E-state index contributed by atoms with van der Waals surface area (Å²) in [6.07, 6.45) is 0. The smallest absolute Gasteiger partial charge is 0.179 e. The van der Waals surface area contributed by atoms with Crippen LogP contribution in [0.25, 0.3) is 65.8 Å². The molecule has 3 nitrogen and oxygen atoms in total. The maximum atomic E-state index is 14.6. The van der Waals surface area contributed by atoms with Gasteiger partial charge in [-0.2, -0.15) is 0 Å². The molecule has 69 heavy (non-hydrogen) atoms. The summed E-state index contributed by atoms with van der Waals surface area (Å²) in [6.45, 7) is 0. The van der Waals surface area contributed by atoms with Crippen molar-refractivity contribution in [3.63, 3.8) is 0 Å². The fourth-order valence-electron chi connectivity index (χ4n) is 11.0. The minimum absolute atomic E-state index is 0.261. The maximum Gasteiger partial charge on any atom is 0.179 e. The van der Waals surface area contributed by atoms with Gasteiger partial charge in [0.1, 0.15) is 5.82 Å². The fourth-order valence-corrected chi connectivity index (χ4v) is 15.8. The Bertz CT molecular complexity index is 3920. The lowest BCUT2D eigenvalue weighted by atomic mass is 10.1. The lowest BCUT2D eigenvalue weighted by Gasteiger charge is -2.34. The van der Waals surface area contributed by atoms with E-state index < -0.39 is 8.07 Å². The van der Waals surface area contributed by atoms with E-state index in [9.17, 15) is 4.39 Å². The van der Waals surface area contributed by atoms with Gasteiger partial charge in [0, 0.05) is 50.0 Å². The van der Waals surface area contributed by atoms with E-state index in [-0.39, 0.29) is 5.82 Å². The number of anilines is 3. The molecule has 0 atom stereocenters. The average molecular weight is 902 g/mol. The number of para-hydroxylation sites is 2. The van der Waals surface area contributed by atoms with Gasteiger partial charge < -0.3 is 14.0 Å². The Morgan fingerprint density at radius 3 is 1.30 bits per heavy atom. The summed E-state index contributed by atoms with van der Waals surface area (Å²) in [5.74, 6) is -0.261. The Hall–Kier alpha value is -8.77. The first-order chi connectivity index (χ1) is 34.1. The van der Waals surface area contributed by atoms with Crippen LogP contribution < -0.4 is 25.6 Å². The van der Waals surface area contributed by atoms with Crippen molar-refractivity contribution in [3.05, 3.63) is 273 Å². The molecule has 0 radical (unpaired) electrons. The van der Waals surface area contributed by atoms with Crippen LogP contribution in [0.5, 0.6) is 0 Å². The van der Waals surface area contributed by atoms with E-state index in [2.05, 4.69) is 257 Å². The molecule has 2 heterocycles. The molecule has 0 aliphatic carbocycles. The summed E-state index contributed by atoms with van der Waals surface area (Å²) < 4.78 is 19.3. The van der Waals surface area contributed by atoms with E-state index in [4.69, 9.17) is 0 Å². The van der Waals surface area contributed by atoms with E-state index >= 15 is 0 Å². The summed E-state index contributed by atoms with van der Waals surface area (Å²) in [7, 11) is -2.89. The molecule has 0 bridgehead atoms. The number of fused-ring (bicyclic) bond motifs is 7. The maximum absolute atomic E-state index is 14.6. The van der Waals surface area contributed by atoms with Crippen LogP contribution in [0.2, 0.25) is 0 Å². The van der Waals surface area contributed by atoms with Gasteiger partial charge >= 0.3 is 0 Å².